The van der Waals surface area contributed by atoms with E-state index in [4.69, 9.17) is 4.98 Å². The fraction of sp³-hybridized carbons (Fsp3) is 0.481. The van der Waals surface area contributed by atoms with Crippen molar-refractivity contribution in [3.05, 3.63) is 54.3 Å². The predicted octanol–water partition coefficient (Wildman–Crippen LogP) is 4.40. The molecule has 1 amide bonds. The lowest BCUT2D eigenvalue weighted by Gasteiger charge is -2.39. The zero-order valence-corrected chi connectivity index (χ0v) is 20.2. The Morgan fingerprint density at radius 3 is 2.32 bits per heavy atom. The number of amides is 1. The van der Waals surface area contributed by atoms with Gasteiger partial charge in [-0.2, -0.15) is 0 Å². The van der Waals surface area contributed by atoms with Gasteiger partial charge in [0.1, 0.15) is 5.82 Å². The molecule has 2 aromatic carbocycles. The summed E-state index contributed by atoms with van der Waals surface area (Å²) in [4.78, 5) is 24.6. The highest BCUT2D eigenvalue weighted by molar-refractivity contribution is 5.80. The molecule has 0 unspecified atom stereocenters. The van der Waals surface area contributed by atoms with Crippen molar-refractivity contribution in [2.24, 2.45) is 11.8 Å². The number of hydrogen-bond donors (Lipinski definition) is 0. The molecule has 2 fully saturated rings. The fourth-order valence-corrected chi connectivity index (χ4v) is 5.31. The summed E-state index contributed by atoms with van der Waals surface area (Å²) in [7, 11) is 0. The van der Waals surface area contributed by atoms with Crippen LogP contribution in [0.1, 0.15) is 26.7 Å². The van der Waals surface area contributed by atoms with E-state index in [0.717, 1.165) is 43.9 Å². The van der Waals surface area contributed by atoms with Crippen molar-refractivity contribution in [1.29, 1.82) is 0 Å². The topological polar surface area (TPSA) is 44.6 Å². The molecular formula is C27H34FN5O. The first kappa shape index (κ1) is 22.7. The summed E-state index contributed by atoms with van der Waals surface area (Å²) >= 11 is 0. The minimum atomic E-state index is -0.196. The van der Waals surface area contributed by atoms with Crippen LogP contribution in [-0.2, 0) is 11.3 Å². The highest BCUT2D eigenvalue weighted by Gasteiger charge is 2.32. The van der Waals surface area contributed by atoms with E-state index in [9.17, 15) is 9.18 Å². The molecule has 180 valence electrons. The Labute approximate surface area is 201 Å². The number of fused-ring (bicyclic) bond motifs is 1. The third-order valence-electron chi connectivity index (χ3n) is 7.09. The Balaban J connectivity index is 1.21. The average Bonchev–Trinajstić information content (AvgIpc) is 3.22. The van der Waals surface area contributed by atoms with Crippen LogP contribution in [0.3, 0.4) is 0 Å². The SMILES string of the molecule is CC(C)Cn1c(N2CCC(C(=O)N3CCN(c4ccccc4F)CC3)CC2)nc2ccccc21. The van der Waals surface area contributed by atoms with Crippen LogP contribution in [0.2, 0.25) is 0 Å². The Morgan fingerprint density at radius 2 is 1.62 bits per heavy atom. The van der Waals surface area contributed by atoms with Gasteiger partial charge >= 0.3 is 0 Å². The summed E-state index contributed by atoms with van der Waals surface area (Å²) < 4.78 is 16.5. The molecule has 0 saturated carbocycles. The monoisotopic (exact) mass is 463 g/mol. The molecular weight excluding hydrogens is 429 g/mol. The van der Waals surface area contributed by atoms with Gasteiger partial charge in [-0.15, -0.1) is 0 Å². The molecule has 0 aliphatic carbocycles. The molecule has 0 N–H and O–H groups in total. The average molecular weight is 464 g/mol. The summed E-state index contributed by atoms with van der Waals surface area (Å²) in [6.07, 6.45) is 1.69. The molecule has 1 aromatic heterocycles. The van der Waals surface area contributed by atoms with Crippen LogP contribution < -0.4 is 9.80 Å². The number of para-hydroxylation sites is 3. The Morgan fingerprint density at radius 1 is 0.941 bits per heavy atom. The summed E-state index contributed by atoms with van der Waals surface area (Å²) in [5.41, 5.74) is 2.84. The lowest BCUT2D eigenvalue weighted by molar-refractivity contribution is -0.136. The van der Waals surface area contributed by atoms with Crippen LogP contribution in [0.15, 0.2) is 48.5 Å². The zero-order chi connectivity index (χ0) is 23.7. The first-order valence-corrected chi connectivity index (χ1v) is 12.5. The minimum Gasteiger partial charge on any atom is -0.366 e. The Hall–Kier alpha value is -3.09. The largest absolute Gasteiger partial charge is 0.366 e. The number of anilines is 2. The smallest absolute Gasteiger partial charge is 0.225 e. The molecule has 0 atom stereocenters. The van der Waals surface area contributed by atoms with Crippen LogP contribution in [-0.4, -0.2) is 59.6 Å². The van der Waals surface area contributed by atoms with Gasteiger partial charge in [-0.25, -0.2) is 9.37 Å². The van der Waals surface area contributed by atoms with Crippen LogP contribution in [0, 0.1) is 17.7 Å². The third kappa shape index (κ3) is 4.48. The maximum Gasteiger partial charge on any atom is 0.225 e. The van der Waals surface area contributed by atoms with Gasteiger partial charge in [-0.05, 0) is 43.0 Å². The summed E-state index contributed by atoms with van der Waals surface area (Å²) in [5, 5.41) is 0. The Bertz CT molecular complexity index is 1140. The van der Waals surface area contributed by atoms with E-state index in [-0.39, 0.29) is 17.6 Å². The number of carbonyl (C=O) groups is 1. The molecule has 0 spiro atoms. The van der Waals surface area contributed by atoms with E-state index < -0.39 is 0 Å². The molecule has 2 saturated heterocycles. The minimum absolute atomic E-state index is 0.0548. The number of piperazine rings is 1. The van der Waals surface area contributed by atoms with Gasteiger partial charge in [0.2, 0.25) is 11.9 Å². The van der Waals surface area contributed by atoms with Crippen molar-refractivity contribution < 1.29 is 9.18 Å². The molecule has 6 nitrogen and oxygen atoms in total. The van der Waals surface area contributed by atoms with Crippen molar-refractivity contribution in [2.45, 2.75) is 33.2 Å². The van der Waals surface area contributed by atoms with E-state index in [2.05, 4.69) is 41.5 Å². The lowest BCUT2D eigenvalue weighted by Crippen LogP contribution is -2.52. The molecule has 2 aliphatic rings. The van der Waals surface area contributed by atoms with Crippen LogP contribution in [0.5, 0.6) is 0 Å². The van der Waals surface area contributed by atoms with E-state index in [0.29, 0.717) is 37.8 Å². The fourth-order valence-electron chi connectivity index (χ4n) is 5.31. The second-order valence-electron chi connectivity index (χ2n) is 9.93. The van der Waals surface area contributed by atoms with Crippen molar-refractivity contribution in [1.82, 2.24) is 14.5 Å². The number of benzene rings is 2. The van der Waals surface area contributed by atoms with E-state index in [1.54, 1.807) is 6.07 Å². The summed E-state index contributed by atoms with van der Waals surface area (Å²) in [5.74, 6) is 1.67. The van der Waals surface area contributed by atoms with Gasteiger partial charge < -0.3 is 19.3 Å². The van der Waals surface area contributed by atoms with Gasteiger partial charge in [0.25, 0.3) is 0 Å². The second kappa shape index (κ2) is 9.65. The standard InChI is InChI=1S/C27H34FN5O/c1-20(2)19-33-25-10-6-4-8-23(25)29-27(33)32-13-11-21(12-14-32)26(34)31-17-15-30(16-18-31)24-9-5-3-7-22(24)28/h3-10,20-21H,11-19H2,1-2H3. The number of aromatic nitrogens is 2. The van der Waals surface area contributed by atoms with Gasteiger partial charge in [-0.3, -0.25) is 4.79 Å². The van der Waals surface area contributed by atoms with Crippen LogP contribution >= 0.6 is 0 Å². The van der Waals surface area contributed by atoms with Crippen molar-refractivity contribution in [2.75, 3.05) is 49.1 Å². The number of carbonyl (C=O) groups excluding carboxylic acids is 1. The number of imidazole rings is 1. The lowest BCUT2D eigenvalue weighted by atomic mass is 9.95. The van der Waals surface area contributed by atoms with E-state index >= 15 is 0 Å². The number of halogens is 1. The predicted molar refractivity (Wildman–Crippen MR) is 135 cm³/mol. The summed E-state index contributed by atoms with van der Waals surface area (Å²) in [6, 6.07) is 15.2. The molecule has 3 aromatic rings. The number of rotatable bonds is 5. The van der Waals surface area contributed by atoms with Crippen molar-refractivity contribution in [3.63, 3.8) is 0 Å². The Kier molecular flexibility index (Phi) is 6.44. The molecule has 3 heterocycles. The van der Waals surface area contributed by atoms with Gasteiger partial charge in [0.05, 0.1) is 16.7 Å². The maximum atomic E-state index is 14.1. The van der Waals surface area contributed by atoms with Gasteiger partial charge in [0.15, 0.2) is 0 Å². The normalized spacial score (nSPS) is 17.7. The van der Waals surface area contributed by atoms with Crippen LogP contribution in [0.25, 0.3) is 11.0 Å². The highest BCUT2D eigenvalue weighted by atomic mass is 19.1. The molecule has 5 rings (SSSR count). The number of nitrogens with zero attached hydrogens (tertiary/aromatic N) is 5. The number of hydrogen-bond acceptors (Lipinski definition) is 4. The third-order valence-corrected chi connectivity index (χ3v) is 7.09. The van der Waals surface area contributed by atoms with E-state index in [1.807, 2.05) is 28.0 Å². The van der Waals surface area contributed by atoms with Crippen molar-refractivity contribution in [3.8, 4) is 0 Å². The molecule has 34 heavy (non-hydrogen) atoms. The highest BCUT2D eigenvalue weighted by Crippen LogP contribution is 2.29. The molecule has 2 aliphatic heterocycles. The van der Waals surface area contributed by atoms with Crippen molar-refractivity contribution >= 4 is 28.6 Å². The van der Waals surface area contributed by atoms with Gasteiger partial charge in [0, 0.05) is 51.7 Å². The van der Waals surface area contributed by atoms with E-state index in [1.165, 1.54) is 11.6 Å². The second-order valence-corrected chi connectivity index (χ2v) is 9.93. The molecule has 0 radical (unpaired) electrons. The van der Waals surface area contributed by atoms with Crippen LogP contribution in [0.4, 0.5) is 16.0 Å². The zero-order valence-electron chi connectivity index (χ0n) is 20.2. The first-order chi connectivity index (χ1) is 16.5. The molecule has 7 heteroatoms. The maximum absolute atomic E-state index is 14.1. The number of piperidine rings is 1. The first-order valence-electron chi connectivity index (χ1n) is 12.5. The summed E-state index contributed by atoms with van der Waals surface area (Å²) in [6.45, 7) is 9.72. The molecule has 0 bridgehead atoms. The quantitative estimate of drug-likeness (QED) is 0.563. The van der Waals surface area contributed by atoms with Gasteiger partial charge in [-0.1, -0.05) is 38.1 Å².